The highest BCUT2D eigenvalue weighted by Gasteiger charge is 2.04. The first-order valence-corrected chi connectivity index (χ1v) is 10.1. The molecule has 0 heterocycles. The van der Waals surface area contributed by atoms with Crippen molar-refractivity contribution in [3.63, 3.8) is 0 Å². The molecule has 2 aromatic rings. The van der Waals surface area contributed by atoms with E-state index in [9.17, 15) is 4.79 Å². The van der Waals surface area contributed by atoms with Crippen molar-refractivity contribution >= 4 is 41.5 Å². The zero-order valence-corrected chi connectivity index (χ0v) is 20.7. The minimum atomic E-state index is -0.0617. The monoisotopic (exact) mass is 523 g/mol. The summed E-state index contributed by atoms with van der Waals surface area (Å²) in [4.78, 5) is 18.5. The van der Waals surface area contributed by atoms with Gasteiger partial charge in [0, 0.05) is 52.0 Å². The second-order valence-electron chi connectivity index (χ2n) is 7.03. The molecule has 3 N–H and O–H groups in total. The number of hydrogen-bond donors (Lipinski definition) is 3. The third-order valence-electron chi connectivity index (χ3n) is 4.59. The summed E-state index contributed by atoms with van der Waals surface area (Å²) in [6, 6.07) is 16.3. The Morgan fingerprint density at radius 3 is 2.37 bits per heavy atom. The Bertz CT molecular complexity index is 805. The van der Waals surface area contributed by atoms with Gasteiger partial charge in [-0.25, -0.2) is 0 Å². The average molecular weight is 523 g/mol. The van der Waals surface area contributed by atoms with Crippen molar-refractivity contribution in [2.45, 2.75) is 19.8 Å². The number of rotatable bonds is 9. The van der Waals surface area contributed by atoms with Crippen LogP contribution in [0.1, 0.15) is 28.4 Å². The lowest BCUT2D eigenvalue weighted by Gasteiger charge is -2.13. The second-order valence-corrected chi connectivity index (χ2v) is 7.03. The third-order valence-corrected chi connectivity index (χ3v) is 4.59. The first-order chi connectivity index (χ1) is 14.0. The maximum Gasteiger partial charge on any atom is 0.251 e. The van der Waals surface area contributed by atoms with Crippen molar-refractivity contribution in [2.24, 2.45) is 4.99 Å². The van der Waals surface area contributed by atoms with Gasteiger partial charge in [-0.05, 0) is 55.2 Å². The zero-order chi connectivity index (χ0) is 21.1. The Morgan fingerprint density at radius 1 is 1.00 bits per heavy atom. The van der Waals surface area contributed by atoms with Crippen molar-refractivity contribution in [1.82, 2.24) is 16.0 Å². The predicted molar refractivity (Wildman–Crippen MR) is 137 cm³/mol. The summed E-state index contributed by atoms with van der Waals surface area (Å²) in [6.45, 7) is 4.35. The molecule has 0 aliphatic heterocycles. The molecular formula is C23H34IN5O. The second kappa shape index (κ2) is 13.8. The predicted octanol–water partition coefficient (Wildman–Crippen LogP) is 3.07. The molecule has 0 aromatic heterocycles. The van der Waals surface area contributed by atoms with Crippen LogP contribution in [-0.4, -0.2) is 52.6 Å². The molecule has 30 heavy (non-hydrogen) atoms. The van der Waals surface area contributed by atoms with Crippen LogP contribution in [-0.2, 0) is 12.8 Å². The van der Waals surface area contributed by atoms with Gasteiger partial charge in [0.05, 0.1) is 0 Å². The highest BCUT2D eigenvalue weighted by Crippen LogP contribution is 2.12. The molecule has 6 nitrogen and oxygen atoms in total. The van der Waals surface area contributed by atoms with E-state index in [1.54, 1.807) is 7.05 Å². The Morgan fingerprint density at radius 2 is 1.73 bits per heavy atom. The number of nitrogens with one attached hydrogen (secondary N) is 3. The molecule has 0 spiro atoms. The van der Waals surface area contributed by atoms with Gasteiger partial charge in [-0.2, -0.15) is 0 Å². The van der Waals surface area contributed by atoms with Crippen LogP contribution in [0.4, 0.5) is 5.69 Å². The molecule has 0 aliphatic carbocycles. The number of carbonyl (C=O) groups is 1. The quantitative estimate of drug-likeness (QED) is 0.269. The lowest BCUT2D eigenvalue weighted by molar-refractivity contribution is 0.0963. The number of halogens is 1. The molecule has 7 heteroatoms. The summed E-state index contributed by atoms with van der Waals surface area (Å²) in [5, 5.41) is 9.32. The first-order valence-electron chi connectivity index (χ1n) is 10.1. The van der Waals surface area contributed by atoms with E-state index < -0.39 is 0 Å². The summed E-state index contributed by atoms with van der Waals surface area (Å²) in [5.41, 5.74) is 4.29. The first kappa shape index (κ1) is 25.7. The van der Waals surface area contributed by atoms with Gasteiger partial charge in [-0.1, -0.05) is 24.3 Å². The van der Waals surface area contributed by atoms with E-state index in [0.717, 1.165) is 44.0 Å². The molecule has 2 aromatic carbocycles. The van der Waals surface area contributed by atoms with E-state index in [2.05, 4.69) is 57.0 Å². The topological polar surface area (TPSA) is 68.8 Å². The Kier molecular flexibility index (Phi) is 11.9. The van der Waals surface area contributed by atoms with E-state index >= 15 is 0 Å². The molecular weight excluding hydrogens is 489 g/mol. The minimum Gasteiger partial charge on any atom is -0.378 e. The highest BCUT2D eigenvalue weighted by atomic mass is 127. The van der Waals surface area contributed by atoms with Crippen LogP contribution in [0, 0.1) is 0 Å². The number of aliphatic imine (C=N–C) groups is 1. The fourth-order valence-electron chi connectivity index (χ4n) is 2.94. The maximum atomic E-state index is 11.8. The van der Waals surface area contributed by atoms with Gasteiger partial charge in [0.15, 0.2) is 5.96 Å². The number of guanidine groups is 1. The summed E-state index contributed by atoms with van der Waals surface area (Å²) in [6.07, 6.45) is 1.72. The SMILES string of the molecule is CCNC(=NCCc1ccc(N(C)C)cc1)NCCc1cccc(C(=O)NC)c1.I. The van der Waals surface area contributed by atoms with Crippen LogP contribution in [0.2, 0.25) is 0 Å². The zero-order valence-electron chi connectivity index (χ0n) is 18.4. The number of benzene rings is 2. The van der Waals surface area contributed by atoms with E-state index in [0.29, 0.717) is 5.56 Å². The fraction of sp³-hybridized carbons (Fsp3) is 0.391. The maximum absolute atomic E-state index is 11.8. The molecule has 0 saturated carbocycles. The number of amides is 1. The highest BCUT2D eigenvalue weighted by molar-refractivity contribution is 14.0. The molecule has 0 bridgehead atoms. The number of hydrogen-bond acceptors (Lipinski definition) is 3. The van der Waals surface area contributed by atoms with Gasteiger partial charge in [-0.15, -0.1) is 24.0 Å². The van der Waals surface area contributed by atoms with Crippen LogP contribution in [0.5, 0.6) is 0 Å². The third kappa shape index (κ3) is 8.61. The average Bonchev–Trinajstić information content (AvgIpc) is 2.73. The van der Waals surface area contributed by atoms with Gasteiger partial charge >= 0.3 is 0 Å². The van der Waals surface area contributed by atoms with E-state index in [-0.39, 0.29) is 29.9 Å². The molecule has 164 valence electrons. The van der Waals surface area contributed by atoms with Crippen molar-refractivity contribution < 1.29 is 4.79 Å². The van der Waals surface area contributed by atoms with E-state index in [4.69, 9.17) is 0 Å². The van der Waals surface area contributed by atoms with Crippen LogP contribution < -0.4 is 20.9 Å². The van der Waals surface area contributed by atoms with Crippen LogP contribution in [0.15, 0.2) is 53.5 Å². The molecule has 0 saturated heterocycles. The summed E-state index contributed by atoms with van der Waals surface area (Å²) in [5.74, 6) is 0.758. The van der Waals surface area contributed by atoms with Gasteiger partial charge in [0.2, 0.25) is 0 Å². The van der Waals surface area contributed by atoms with E-state index in [1.165, 1.54) is 11.3 Å². The van der Waals surface area contributed by atoms with Crippen molar-refractivity contribution in [1.29, 1.82) is 0 Å². The fourth-order valence-corrected chi connectivity index (χ4v) is 2.94. The van der Waals surface area contributed by atoms with Crippen LogP contribution in [0.3, 0.4) is 0 Å². The summed E-state index contributed by atoms with van der Waals surface area (Å²) in [7, 11) is 5.73. The van der Waals surface area contributed by atoms with Crippen molar-refractivity contribution in [2.75, 3.05) is 45.7 Å². The van der Waals surface area contributed by atoms with Crippen LogP contribution >= 0.6 is 24.0 Å². The van der Waals surface area contributed by atoms with Gasteiger partial charge in [0.1, 0.15) is 0 Å². The van der Waals surface area contributed by atoms with E-state index in [1.807, 2.05) is 38.4 Å². The Hall–Kier alpha value is -2.29. The lowest BCUT2D eigenvalue weighted by atomic mass is 10.1. The Labute approximate surface area is 197 Å². The smallest absolute Gasteiger partial charge is 0.251 e. The molecule has 0 unspecified atom stereocenters. The molecule has 0 aliphatic rings. The molecule has 0 fully saturated rings. The number of nitrogens with zero attached hydrogens (tertiary/aromatic N) is 2. The largest absolute Gasteiger partial charge is 0.378 e. The summed E-state index contributed by atoms with van der Waals surface area (Å²) < 4.78 is 0. The van der Waals surface area contributed by atoms with Gasteiger partial charge < -0.3 is 20.9 Å². The number of carbonyl (C=O) groups excluding carboxylic acids is 1. The van der Waals surface area contributed by atoms with Crippen molar-refractivity contribution in [3.05, 3.63) is 65.2 Å². The van der Waals surface area contributed by atoms with Crippen molar-refractivity contribution in [3.8, 4) is 0 Å². The Balaban J connectivity index is 0.00000450. The molecule has 1 amide bonds. The minimum absolute atomic E-state index is 0. The van der Waals surface area contributed by atoms with Crippen LogP contribution in [0.25, 0.3) is 0 Å². The molecule has 2 rings (SSSR count). The normalized spacial score (nSPS) is 10.7. The summed E-state index contributed by atoms with van der Waals surface area (Å²) >= 11 is 0. The van der Waals surface area contributed by atoms with Gasteiger partial charge in [-0.3, -0.25) is 9.79 Å². The number of anilines is 1. The standard InChI is InChI=1S/C23H33N5O.HI/c1-5-25-23(26-15-13-18-9-11-21(12-10-18)28(3)4)27-16-14-19-7-6-8-20(17-19)22(29)24-2;/h6-12,17H,5,13-16H2,1-4H3,(H,24,29)(H2,25,26,27);1H. The lowest BCUT2D eigenvalue weighted by Crippen LogP contribution is -2.38. The van der Waals surface area contributed by atoms with Gasteiger partial charge in [0.25, 0.3) is 5.91 Å². The molecule has 0 radical (unpaired) electrons. The molecule has 0 atom stereocenters.